The molecule has 0 N–H and O–H groups in total. The monoisotopic (exact) mass is 210 g/mol. The molecule has 0 unspecified atom stereocenters. The van der Waals surface area contributed by atoms with E-state index in [4.69, 9.17) is 0 Å². The highest BCUT2D eigenvalue weighted by Gasteiger charge is 1.98. The molecule has 0 heterocycles. The Bertz CT molecular complexity index is 528. The van der Waals surface area contributed by atoms with Crippen LogP contribution in [0.1, 0.15) is 26.3 Å². The SMILES string of the molecule is CC(C)=C(C)Cc1ccc2ccccc2c1. The molecule has 0 aliphatic heterocycles. The van der Waals surface area contributed by atoms with Crippen LogP contribution in [0.2, 0.25) is 0 Å². The first kappa shape index (κ1) is 10.9. The Kier molecular flexibility index (Phi) is 3.09. The lowest BCUT2D eigenvalue weighted by atomic mass is 10.00. The van der Waals surface area contributed by atoms with Crippen LogP contribution in [0.25, 0.3) is 10.8 Å². The first-order valence-electron chi connectivity index (χ1n) is 5.77. The Morgan fingerprint density at radius 3 is 2.25 bits per heavy atom. The van der Waals surface area contributed by atoms with E-state index in [0.29, 0.717) is 0 Å². The average Bonchev–Trinajstić information content (AvgIpc) is 2.28. The largest absolute Gasteiger partial charge is 0.0772 e. The minimum absolute atomic E-state index is 1.06. The predicted molar refractivity (Wildman–Crippen MR) is 71.7 cm³/mol. The highest BCUT2D eigenvalue weighted by molar-refractivity contribution is 5.83. The van der Waals surface area contributed by atoms with E-state index in [1.807, 2.05) is 0 Å². The molecule has 0 heteroatoms. The Morgan fingerprint density at radius 2 is 1.56 bits per heavy atom. The zero-order valence-electron chi connectivity index (χ0n) is 10.2. The summed E-state index contributed by atoms with van der Waals surface area (Å²) in [6, 6.07) is 15.3. The van der Waals surface area contributed by atoms with Crippen molar-refractivity contribution in [2.75, 3.05) is 0 Å². The Morgan fingerprint density at radius 1 is 0.875 bits per heavy atom. The van der Waals surface area contributed by atoms with E-state index in [2.05, 4.69) is 63.2 Å². The van der Waals surface area contributed by atoms with Crippen LogP contribution in [0.4, 0.5) is 0 Å². The van der Waals surface area contributed by atoms with Crippen molar-refractivity contribution in [2.24, 2.45) is 0 Å². The fourth-order valence-electron chi connectivity index (χ4n) is 1.83. The minimum atomic E-state index is 1.06. The summed E-state index contributed by atoms with van der Waals surface area (Å²) in [6.45, 7) is 6.57. The van der Waals surface area contributed by atoms with Crippen molar-refractivity contribution in [1.82, 2.24) is 0 Å². The second-order valence-electron chi connectivity index (χ2n) is 4.64. The lowest BCUT2D eigenvalue weighted by molar-refractivity contribution is 1.09. The summed E-state index contributed by atoms with van der Waals surface area (Å²) in [5.74, 6) is 0. The van der Waals surface area contributed by atoms with Gasteiger partial charge in [-0.25, -0.2) is 0 Å². The van der Waals surface area contributed by atoms with Crippen LogP contribution in [-0.2, 0) is 6.42 Å². The van der Waals surface area contributed by atoms with Gasteiger partial charge in [-0.15, -0.1) is 0 Å². The van der Waals surface area contributed by atoms with Gasteiger partial charge >= 0.3 is 0 Å². The van der Waals surface area contributed by atoms with Crippen LogP contribution in [0.3, 0.4) is 0 Å². The number of rotatable bonds is 2. The molecule has 0 aliphatic carbocycles. The summed E-state index contributed by atoms with van der Waals surface area (Å²) in [7, 11) is 0. The number of hydrogen-bond donors (Lipinski definition) is 0. The van der Waals surface area contributed by atoms with Crippen molar-refractivity contribution in [3.63, 3.8) is 0 Å². The molecule has 82 valence electrons. The van der Waals surface area contributed by atoms with Crippen LogP contribution in [0.15, 0.2) is 53.6 Å². The molecule has 0 nitrogen and oxygen atoms in total. The van der Waals surface area contributed by atoms with Gasteiger partial charge in [0.1, 0.15) is 0 Å². The van der Waals surface area contributed by atoms with Gasteiger partial charge in [0.05, 0.1) is 0 Å². The van der Waals surface area contributed by atoms with Gasteiger partial charge in [-0.1, -0.05) is 53.6 Å². The van der Waals surface area contributed by atoms with Crippen molar-refractivity contribution < 1.29 is 0 Å². The Labute approximate surface area is 97.6 Å². The van der Waals surface area contributed by atoms with E-state index in [1.54, 1.807) is 0 Å². The zero-order valence-corrected chi connectivity index (χ0v) is 10.2. The van der Waals surface area contributed by atoms with Gasteiger partial charge in [-0.2, -0.15) is 0 Å². The van der Waals surface area contributed by atoms with Gasteiger partial charge in [0, 0.05) is 0 Å². The van der Waals surface area contributed by atoms with Crippen molar-refractivity contribution in [3.05, 3.63) is 59.2 Å². The number of fused-ring (bicyclic) bond motifs is 1. The molecule has 0 fully saturated rings. The van der Waals surface area contributed by atoms with Gasteiger partial charge in [-0.3, -0.25) is 0 Å². The van der Waals surface area contributed by atoms with Gasteiger partial charge < -0.3 is 0 Å². The average molecular weight is 210 g/mol. The fourth-order valence-corrected chi connectivity index (χ4v) is 1.83. The summed E-state index contributed by atoms with van der Waals surface area (Å²) < 4.78 is 0. The maximum absolute atomic E-state index is 2.29. The molecule has 0 aromatic heterocycles. The lowest BCUT2D eigenvalue weighted by Gasteiger charge is -2.06. The van der Waals surface area contributed by atoms with Crippen LogP contribution in [0, 0.1) is 0 Å². The van der Waals surface area contributed by atoms with Crippen molar-refractivity contribution in [1.29, 1.82) is 0 Å². The Hall–Kier alpha value is -1.56. The standard InChI is InChI=1S/C16H18/c1-12(2)13(3)10-14-8-9-15-6-4-5-7-16(15)11-14/h4-9,11H,10H2,1-3H3. The molecule has 2 rings (SSSR count). The Balaban J connectivity index is 2.37. The molecule has 0 amide bonds. The normalized spacial score (nSPS) is 10.4. The molecule has 0 spiro atoms. The first-order valence-corrected chi connectivity index (χ1v) is 5.77. The third-order valence-electron chi connectivity index (χ3n) is 3.14. The molecule has 2 aromatic carbocycles. The number of benzene rings is 2. The van der Waals surface area contributed by atoms with Crippen molar-refractivity contribution >= 4 is 10.8 Å². The summed E-state index contributed by atoms with van der Waals surface area (Å²) >= 11 is 0. The van der Waals surface area contributed by atoms with Gasteiger partial charge in [0.2, 0.25) is 0 Å². The molecular formula is C16H18. The highest BCUT2D eigenvalue weighted by Crippen LogP contribution is 2.18. The molecule has 0 radical (unpaired) electrons. The zero-order chi connectivity index (χ0) is 11.5. The van der Waals surface area contributed by atoms with Gasteiger partial charge in [0.25, 0.3) is 0 Å². The van der Waals surface area contributed by atoms with Crippen LogP contribution < -0.4 is 0 Å². The second-order valence-corrected chi connectivity index (χ2v) is 4.64. The molecule has 0 saturated heterocycles. The molecule has 0 atom stereocenters. The number of allylic oxidation sites excluding steroid dienone is 2. The summed E-state index contributed by atoms with van der Waals surface area (Å²) in [5, 5.41) is 2.66. The van der Waals surface area contributed by atoms with E-state index in [0.717, 1.165) is 6.42 Å². The molecule has 2 aromatic rings. The second kappa shape index (κ2) is 4.52. The maximum atomic E-state index is 2.29. The predicted octanol–water partition coefficient (Wildman–Crippen LogP) is 4.74. The molecule has 0 aliphatic rings. The quantitative estimate of drug-likeness (QED) is 0.628. The molecule has 0 saturated carbocycles. The van der Waals surface area contributed by atoms with Crippen molar-refractivity contribution in [2.45, 2.75) is 27.2 Å². The minimum Gasteiger partial charge on any atom is -0.0772 e. The van der Waals surface area contributed by atoms with E-state index in [9.17, 15) is 0 Å². The topological polar surface area (TPSA) is 0 Å². The fraction of sp³-hybridized carbons (Fsp3) is 0.250. The third kappa shape index (κ3) is 2.33. The van der Waals surface area contributed by atoms with Gasteiger partial charge in [-0.05, 0) is 43.5 Å². The van der Waals surface area contributed by atoms with Gasteiger partial charge in [0.15, 0.2) is 0 Å². The highest BCUT2D eigenvalue weighted by atomic mass is 14.0. The third-order valence-corrected chi connectivity index (χ3v) is 3.14. The maximum Gasteiger partial charge on any atom is -0.00672 e. The first-order chi connectivity index (χ1) is 7.66. The summed E-state index contributed by atoms with van der Waals surface area (Å²) in [6.07, 6.45) is 1.06. The molecular weight excluding hydrogens is 192 g/mol. The van der Waals surface area contributed by atoms with Crippen LogP contribution >= 0.6 is 0 Å². The van der Waals surface area contributed by atoms with E-state index in [1.165, 1.54) is 27.5 Å². The molecule has 0 bridgehead atoms. The van der Waals surface area contributed by atoms with E-state index in [-0.39, 0.29) is 0 Å². The molecule has 16 heavy (non-hydrogen) atoms. The van der Waals surface area contributed by atoms with Crippen molar-refractivity contribution in [3.8, 4) is 0 Å². The summed E-state index contributed by atoms with van der Waals surface area (Å²) in [4.78, 5) is 0. The summed E-state index contributed by atoms with van der Waals surface area (Å²) in [5.41, 5.74) is 4.29. The smallest absolute Gasteiger partial charge is 0.00672 e. The van der Waals surface area contributed by atoms with Crippen LogP contribution in [0.5, 0.6) is 0 Å². The van der Waals surface area contributed by atoms with E-state index < -0.39 is 0 Å². The van der Waals surface area contributed by atoms with Crippen LogP contribution in [-0.4, -0.2) is 0 Å². The lowest BCUT2D eigenvalue weighted by Crippen LogP contribution is -1.89. The van der Waals surface area contributed by atoms with E-state index >= 15 is 0 Å². The number of hydrogen-bond acceptors (Lipinski definition) is 0.